The lowest BCUT2D eigenvalue weighted by molar-refractivity contribution is -0.608. The molecule has 112 valence electrons. The summed E-state index contributed by atoms with van der Waals surface area (Å²) in [6.07, 6.45) is 5.42. The van der Waals surface area contributed by atoms with Crippen molar-refractivity contribution in [3.63, 3.8) is 0 Å². The van der Waals surface area contributed by atoms with E-state index in [9.17, 15) is 10.0 Å². The van der Waals surface area contributed by atoms with Gasteiger partial charge in [-0.05, 0) is 42.9 Å². The lowest BCUT2D eigenvalue weighted by atomic mass is 10.1. The second kappa shape index (κ2) is 5.13. The molecular formula is C18H18N2O2. The van der Waals surface area contributed by atoms with Crippen LogP contribution in [0.25, 0.3) is 0 Å². The third-order valence-corrected chi connectivity index (χ3v) is 4.65. The van der Waals surface area contributed by atoms with Crippen LogP contribution in [0.4, 0.5) is 0 Å². The molecule has 0 unspecified atom stereocenters. The van der Waals surface area contributed by atoms with Crippen LogP contribution >= 0.6 is 0 Å². The van der Waals surface area contributed by atoms with E-state index in [1.807, 2.05) is 17.0 Å². The van der Waals surface area contributed by atoms with Crippen LogP contribution in [0, 0.1) is 5.21 Å². The van der Waals surface area contributed by atoms with E-state index in [0.717, 1.165) is 25.7 Å². The fraction of sp³-hybridized carbons (Fsp3) is 0.333. The first-order chi connectivity index (χ1) is 10.8. The van der Waals surface area contributed by atoms with Gasteiger partial charge in [0.2, 0.25) is 0 Å². The summed E-state index contributed by atoms with van der Waals surface area (Å²) in [5, 5.41) is 11.9. The number of hydrogen-bond donors (Lipinski definition) is 0. The van der Waals surface area contributed by atoms with Crippen molar-refractivity contribution in [1.29, 1.82) is 0 Å². The smallest absolute Gasteiger partial charge is 0.320 e. The van der Waals surface area contributed by atoms with Crippen LogP contribution in [0.2, 0.25) is 0 Å². The lowest BCUT2D eigenvalue weighted by Crippen LogP contribution is -2.43. The topological polar surface area (TPSA) is 47.2 Å². The number of carbonyl (C=O) groups excluding carboxylic acids is 1. The summed E-state index contributed by atoms with van der Waals surface area (Å²) in [5.74, 6) is -0.139. The summed E-state index contributed by atoms with van der Waals surface area (Å²) in [7, 11) is 0. The first kappa shape index (κ1) is 13.3. The van der Waals surface area contributed by atoms with Crippen LogP contribution in [0.5, 0.6) is 0 Å². The largest absolute Gasteiger partial charge is 0.618 e. The van der Waals surface area contributed by atoms with Gasteiger partial charge in [-0.25, -0.2) is 0 Å². The van der Waals surface area contributed by atoms with Gasteiger partial charge in [-0.15, -0.1) is 0 Å². The molecule has 2 aromatic rings. The predicted molar refractivity (Wildman–Crippen MR) is 82.1 cm³/mol. The number of nitrogens with zero attached hydrogens (tertiary/aromatic N) is 2. The van der Waals surface area contributed by atoms with E-state index in [-0.39, 0.29) is 23.7 Å². The molecule has 22 heavy (non-hydrogen) atoms. The van der Waals surface area contributed by atoms with E-state index in [1.165, 1.54) is 17.3 Å². The van der Waals surface area contributed by atoms with E-state index in [1.54, 1.807) is 18.2 Å². The minimum Gasteiger partial charge on any atom is -0.618 e. The van der Waals surface area contributed by atoms with E-state index < -0.39 is 0 Å². The molecule has 0 saturated heterocycles. The van der Waals surface area contributed by atoms with Crippen molar-refractivity contribution < 1.29 is 9.52 Å². The lowest BCUT2D eigenvalue weighted by Gasteiger charge is -2.29. The third-order valence-electron chi connectivity index (χ3n) is 4.65. The van der Waals surface area contributed by atoms with Gasteiger partial charge in [0, 0.05) is 18.2 Å². The van der Waals surface area contributed by atoms with E-state index in [4.69, 9.17) is 0 Å². The molecule has 2 aliphatic carbocycles. The Labute approximate surface area is 129 Å². The summed E-state index contributed by atoms with van der Waals surface area (Å²) in [5.41, 5.74) is 2.80. The normalized spacial score (nSPS) is 19.7. The number of benzene rings is 1. The molecule has 0 radical (unpaired) electrons. The summed E-state index contributed by atoms with van der Waals surface area (Å²) in [6, 6.07) is 13.7. The quantitative estimate of drug-likeness (QED) is 0.645. The van der Waals surface area contributed by atoms with Crippen LogP contribution in [0.15, 0.2) is 48.7 Å². The van der Waals surface area contributed by atoms with Crippen molar-refractivity contribution in [2.45, 2.75) is 37.8 Å². The van der Waals surface area contributed by atoms with Crippen molar-refractivity contribution in [3.05, 3.63) is 70.7 Å². The molecule has 1 atom stereocenters. The molecule has 0 aliphatic heterocycles. The van der Waals surface area contributed by atoms with Crippen LogP contribution < -0.4 is 4.73 Å². The number of hydrogen-bond acceptors (Lipinski definition) is 2. The van der Waals surface area contributed by atoms with E-state index in [0.29, 0.717) is 4.73 Å². The highest BCUT2D eigenvalue weighted by molar-refractivity contribution is 5.91. The number of pyridine rings is 1. The van der Waals surface area contributed by atoms with Gasteiger partial charge in [0.25, 0.3) is 5.69 Å². The van der Waals surface area contributed by atoms with Gasteiger partial charge in [-0.2, -0.15) is 4.73 Å². The fourth-order valence-electron chi connectivity index (χ4n) is 3.46. The minimum absolute atomic E-state index is 0.108. The Morgan fingerprint density at radius 1 is 1.09 bits per heavy atom. The summed E-state index contributed by atoms with van der Waals surface area (Å²) < 4.78 is 0.679. The molecule has 0 bridgehead atoms. The predicted octanol–water partition coefficient (Wildman–Crippen LogP) is 2.61. The maximum Gasteiger partial charge on any atom is 0.320 e. The number of carbonyl (C=O) groups is 1. The first-order valence-corrected chi connectivity index (χ1v) is 7.84. The number of fused-ring (bicyclic) bond motifs is 1. The third kappa shape index (κ3) is 2.15. The van der Waals surface area contributed by atoms with Crippen LogP contribution in [-0.4, -0.2) is 16.8 Å². The van der Waals surface area contributed by atoms with Gasteiger partial charge in [0.1, 0.15) is 0 Å². The van der Waals surface area contributed by atoms with Gasteiger partial charge in [-0.1, -0.05) is 24.3 Å². The molecule has 1 heterocycles. The zero-order chi connectivity index (χ0) is 15.1. The van der Waals surface area contributed by atoms with Crippen molar-refractivity contribution in [3.8, 4) is 0 Å². The molecule has 1 saturated carbocycles. The van der Waals surface area contributed by atoms with E-state index in [2.05, 4.69) is 12.1 Å². The summed E-state index contributed by atoms with van der Waals surface area (Å²) in [6.45, 7) is 0. The Kier molecular flexibility index (Phi) is 3.10. The standard InChI is InChI=1S/C18H18N2O2/c21-18(17-7-3-4-12-19(17)22)20(14-9-10-14)16-11-8-13-5-1-2-6-15(13)16/h1-7,12,14,16H,8-11H2/t16-/m1/s1. The SMILES string of the molecule is O=C(c1cccc[n+]1[O-])N(C1CC1)[C@@H]1CCc2ccccc21. The average Bonchev–Trinajstić information content (AvgIpc) is 3.28. The van der Waals surface area contributed by atoms with Crippen LogP contribution in [0.1, 0.15) is 46.9 Å². The number of aryl methyl sites for hydroxylation is 1. The molecule has 1 amide bonds. The molecule has 0 N–H and O–H groups in total. The molecule has 1 aromatic carbocycles. The highest BCUT2D eigenvalue weighted by Crippen LogP contribution is 2.42. The van der Waals surface area contributed by atoms with Gasteiger partial charge in [0.05, 0.1) is 6.04 Å². The Bertz CT molecular complexity index is 725. The molecule has 4 rings (SSSR count). The Morgan fingerprint density at radius 2 is 1.86 bits per heavy atom. The average molecular weight is 294 g/mol. The van der Waals surface area contributed by atoms with Gasteiger partial charge in [0.15, 0.2) is 6.20 Å². The van der Waals surface area contributed by atoms with Crippen molar-refractivity contribution in [1.82, 2.24) is 4.90 Å². The van der Waals surface area contributed by atoms with Crippen LogP contribution in [-0.2, 0) is 6.42 Å². The number of amides is 1. The van der Waals surface area contributed by atoms with Crippen molar-refractivity contribution in [2.24, 2.45) is 0 Å². The molecule has 4 heteroatoms. The number of aromatic nitrogens is 1. The first-order valence-electron chi connectivity index (χ1n) is 7.84. The highest BCUT2D eigenvalue weighted by Gasteiger charge is 2.42. The fourth-order valence-corrected chi connectivity index (χ4v) is 3.46. The van der Waals surface area contributed by atoms with Crippen molar-refractivity contribution in [2.75, 3.05) is 0 Å². The zero-order valence-corrected chi connectivity index (χ0v) is 12.3. The molecule has 1 aromatic heterocycles. The zero-order valence-electron chi connectivity index (χ0n) is 12.3. The molecule has 2 aliphatic rings. The second-order valence-corrected chi connectivity index (χ2v) is 6.11. The minimum atomic E-state index is -0.139. The summed E-state index contributed by atoms with van der Waals surface area (Å²) in [4.78, 5) is 14.9. The maximum absolute atomic E-state index is 12.9. The molecule has 1 fully saturated rings. The van der Waals surface area contributed by atoms with Crippen LogP contribution in [0.3, 0.4) is 0 Å². The van der Waals surface area contributed by atoms with E-state index >= 15 is 0 Å². The Balaban J connectivity index is 1.71. The molecule has 4 nitrogen and oxygen atoms in total. The Hall–Kier alpha value is -2.36. The maximum atomic E-state index is 12.9. The highest BCUT2D eigenvalue weighted by atomic mass is 16.5. The second-order valence-electron chi connectivity index (χ2n) is 6.11. The van der Waals surface area contributed by atoms with Gasteiger partial charge >= 0.3 is 5.91 Å². The van der Waals surface area contributed by atoms with Crippen molar-refractivity contribution >= 4 is 5.91 Å². The number of rotatable bonds is 3. The summed E-state index contributed by atoms with van der Waals surface area (Å²) >= 11 is 0. The molecular weight excluding hydrogens is 276 g/mol. The van der Waals surface area contributed by atoms with Gasteiger partial charge in [-0.3, -0.25) is 4.79 Å². The molecule has 0 spiro atoms. The van der Waals surface area contributed by atoms with Gasteiger partial charge < -0.3 is 10.1 Å². The monoisotopic (exact) mass is 294 g/mol. The Morgan fingerprint density at radius 3 is 2.64 bits per heavy atom.